The largest absolute Gasteiger partial charge is 0.456 e. The van der Waals surface area contributed by atoms with Crippen LogP contribution in [0.25, 0.3) is 10.9 Å². The first-order valence-corrected chi connectivity index (χ1v) is 8.73. The summed E-state index contributed by atoms with van der Waals surface area (Å²) in [5.74, 6) is -1.62. The van der Waals surface area contributed by atoms with Crippen molar-refractivity contribution in [2.45, 2.75) is 19.3 Å². The van der Waals surface area contributed by atoms with Crippen molar-refractivity contribution in [2.24, 2.45) is 0 Å². The minimum absolute atomic E-state index is 0.208. The lowest BCUT2D eigenvalue weighted by molar-refractivity contribution is -0.148. The molecule has 2 N–H and O–H groups in total. The van der Waals surface area contributed by atoms with Gasteiger partial charge < -0.3 is 9.72 Å². The highest BCUT2D eigenvalue weighted by Gasteiger charge is 2.12. The topological polar surface area (TPSA) is 88.3 Å². The maximum absolute atomic E-state index is 11.8. The van der Waals surface area contributed by atoms with Gasteiger partial charge in [-0.15, -0.1) is 0 Å². The molecule has 1 heterocycles. The zero-order valence-corrected chi connectivity index (χ0v) is 14.7. The number of H-pyrrole nitrogens is 1. The Kier molecular flexibility index (Phi) is 5.99. The van der Waals surface area contributed by atoms with E-state index < -0.39 is 24.4 Å². The van der Waals surface area contributed by atoms with Gasteiger partial charge in [-0.05, 0) is 36.6 Å². The van der Waals surface area contributed by atoms with E-state index in [1.54, 1.807) is 30.3 Å². The normalized spacial score (nSPS) is 10.5. The van der Waals surface area contributed by atoms with Gasteiger partial charge in [-0.3, -0.25) is 19.7 Å². The van der Waals surface area contributed by atoms with E-state index in [9.17, 15) is 14.4 Å². The number of ether oxygens (including phenoxy) is 1. The zero-order valence-electron chi connectivity index (χ0n) is 14.7. The first-order valence-electron chi connectivity index (χ1n) is 8.73. The van der Waals surface area contributed by atoms with E-state index in [-0.39, 0.29) is 6.42 Å². The molecule has 0 aliphatic rings. The molecular formula is C21H20N2O4. The second kappa shape index (κ2) is 8.80. The van der Waals surface area contributed by atoms with Crippen LogP contribution in [0.15, 0.2) is 60.8 Å². The summed E-state index contributed by atoms with van der Waals surface area (Å²) in [5.41, 5.74) is 2.58. The van der Waals surface area contributed by atoms with Gasteiger partial charge in [-0.2, -0.15) is 0 Å². The Morgan fingerprint density at radius 1 is 0.963 bits per heavy atom. The van der Waals surface area contributed by atoms with E-state index in [0.29, 0.717) is 12.0 Å². The van der Waals surface area contributed by atoms with Crippen molar-refractivity contribution in [3.8, 4) is 0 Å². The number of carbonyl (C=O) groups excluding carboxylic acids is 3. The Balaban J connectivity index is 1.38. The van der Waals surface area contributed by atoms with Crippen molar-refractivity contribution in [1.82, 2.24) is 10.3 Å². The summed E-state index contributed by atoms with van der Waals surface area (Å²) in [4.78, 5) is 38.6. The molecule has 3 aromatic rings. The van der Waals surface area contributed by atoms with Crippen LogP contribution >= 0.6 is 0 Å². The summed E-state index contributed by atoms with van der Waals surface area (Å²) in [5, 5.41) is 3.33. The molecule has 2 aromatic carbocycles. The molecule has 6 nitrogen and oxygen atoms in total. The van der Waals surface area contributed by atoms with Crippen LogP contribution < -0.4 is 5.32 Å². The second-order valence-corrected chi connectivity index (χ2v) is 6.12. The molecule has 0 unspecified atom stereocenters. The zero-order chi connectivity index (χ0) is 19.1. The summed E-state index contributed by atoms with van der Waals surface area (Å²) in [6, 6.07) is 16.3. The predicted molar refractivity (Wildman–Crippen MR) is 101 cm³/mol. The third kappa shape index (κ3) is 5.04. The van der Waals surface area contributed by atoms with Gasteiger partial charge >= 0.3 is 5.97 Å². The van der Waals surface area contributed by atoms with Crippen LogP contribution in [-0.2, 0) is 20.7 Å². The summed E-state index contributed by atoms with van der Waals surface area (Å²) < 4.78 is 4.94. The Bertz CT molecular complexity index is 947. The van der Waals surface area contributed by atoms with Crippen molar-refractivity contribution < 1.29 is 19.1 Å². The van der Waals surface area contributed by atoms with E-state index in [4.69, 9.17) is 4.74 Å². The van der Waals surface area contributed by atoms with E-state index >= 15 is 0 Å². The number of aryl methyl sites for hydroxylation is 1. The van der Waals surface area contributed by atoms with Gasteiger partial charge in [0.25, 0.3) is 11.8 Å². The monoisotopic (exact) mass is 364 g/mol. The molecule has 0 radical (unpaired) electrons. The second-order valence-electron chi connectivity index (χ2n) is 6.12. The number of para-hydroxylation sites is 1. The minimum Gasteiger partial charge on any atom is -0.456 e. The number of nitrogens with one attached hydrogen (secondary N) is 2. The van der Waals surface area contributed by atoms with Gasteiger partial charge in [0.1, 0.15) is 0 Å². The average Bonchev–Trinajstić information content (AvgIpc) is 3.10. The third-order valence-corrected chi connectivity index (χ3v) is 4.16. The predicted octanol–water partition coefficient (Wildman–Crippen LogP) is 2.99. The number of esters is 1. The highest BCUT2D eigenvalue weighted by Crippen LogP contribution is 2.19. The van der Waals surface area contributed by atoms with Crippen LogP contribution in [0.5, 0.6) is 0 Å². The Hall–Kier alpha value is -3.41. The average molecular weight is 364 g/mol. The molecule has 0 bridgehead atoms. The molecule has 138 valence electrons. The number of aromatic amines is 1. The molecular weight excluding hydrogens is 344 g/mol. The molecule has 27 heavy (non-hydrogen) atoms. The van der Waals surface area contributed by atoms with Crippen LogP contribution in [0.3, 0.4) is 0 Å². The molecule has 3 rings (SSSR count). The molecule has 0 aliphatic heterocycles. The number of benzene rings is 2. The lowest BCUT2D eigenvalue weighted by Crippen LogP contribution is -2.34. The van der Waals surface area contributed by atoms with Gasteiger partial charge in [0.15, 0.2) is 6.61 Å². The van der Waals surface area contributed by atoms with Gasteiger partial charge in [-0.1, -0.05) is 36.4 Å². The Morgan fingerprint density at radius 2 is 1.70 bits per heavy atom. The summed E-state index contributed by atoms with van der Waals surface area (Å²) in [6.45, 7) is -0.468. The van der Waals surface area contributed by atoms with E-state index in [2.05, 4.69) is 10.3 Å². The molecule has 0 spiro atoms. The molecule has 0 saturated carbocycles. The highest BCUT2D eigenvalue weighted by atomic mass is 16.5. The first-order chi connectivity index (χ1) is 13.1. The van der Waals surface area contributed by atoms with Crippen molar-refractivity contribution in [3.05, 3.63) is 71.9 Å². The summed E-state index contributed by atoms with van der Waals surface area (Å²) >= 11 is 0. The summed E-state index contributed by atoms with van der Waals surface area (Å²) in [6.07, 6.45) is 3.50. The molecule has 0 saturated heterocycles. The van der Waals surface area contributed by atoms with Crippen LogP contribution in [0.1, 0.15) is 28.8 Å². The number of hydrogen-bond acceptors (Lipinski definition) is 4. The van der Waals surface area contributed by atoms with E-state index in [0.717, 1.165) is 22.9 Å². The fourth-order valence-corrected chi connectivity index (χ4v) is 2.80. The quantitative estimate of drug-likeness (QED) is 0.631. The highest BCUT2D eigenvalue weighted by molar-refractivity contribution is 6.05. The van der Waals surface area contributed by atoms with Crippen molar-refractivity contribution in [2.75, 3.05) is 6.61 Å². The van der Waals surface area contributed by atoms with Crippen molar-refractivity contribution >= 4 is 28.7 Å². The number of amides is 2. The smallest absolute Gasteiger partial charge is 0.306 e. The van der Waals surface area contributed by atoms with Gasteiger partial charge in [0.2, 0.25) is 0 Å². The Morgan fingerprint density at radius 3 is 2.52 bits per heavy atom. The summed E-state index contributed by atoms with van der Waals surface area (Å²) in [7, 11) is 0. The van der Waals surface area contributed by atoms with Crippen molar-refractivity contribution in [3.63, 3.8) is 0 Å². The van der Waals surface area contributed by atoms with Crippen LogP contribution in [0.2, 0.25) is 0 Å². The molecule has 0 aliphatic carbocycles. The van der Waals surface area contributed by atoms with Crippen LogP contribution in [-0.4, -0.2) is 29.4 Å². The van der Waals surface area contributed by atoms with Crippen LogP contribution in [0.4, 0.5) is 0 Å². The number of rotatable bonds is 7. The fourth-order valence-electron chi connectivity index (χ4n) is 2.80. The lowest BCUT2D eigenvalue weighted by Gasteiger charge is -2.06. The molecule has 2 amide bonds. The van der Waals surface area contributed by atoms with E-state index in [1.807, 2.05) is 30.5 Å². The lowest BCUT2D eigenvalue weighted by atomic mass is 10.1. The number of fused-ring (bicyclic) bond motifs is 1. The maximum atomic E-state index is 11.8. The molecule has 0 atom stereocenters. The standard InChI is InChI=1S/C21H20N2O4/c24-19(23-21(26)15-7-2-1-3-8-15)14-27-20(25)12-6-9-16-13-22-18-11-5-4-10-17(16)18/h1-5,7-8,10-11,13,22H,6,9,12,14H2,(H,23,24,26). The third-order valence-electron chi connectivity index (χ3n) is 4.16. The van der Waals surface area contributed by atoms with Gasteiger partial charge in [0.05, 0.1) is 0 Å². The fraction of sp³-hybridized carbons (Fsp3) is 0.190. The first kappa shape index (κ1) is 18.4. The minimum atomic E-state index is -0.645. The Labute approximate surface area is 156 Å². The number of hydrogen-bond donors (Lipinski definition) is 2. The number of carbonyl (C=O) groups is 3. The molecule has 0 fully saturated rings. The maximum Gasteiger partial charge on any atom is 0.306 e. The van der Waals surface area contributed by atoms with E-state index in [1.165, 1.54) is 0 Å². The SMILES string of the molecule is O=C(COC(=O)CCCc1c[nH]c2ccccc12)NC(=O)c1ccccc1. The number of imide groups is 1. The van der Waals surface area contributed by atoms with Crippen molar-refractivity contribution in [1.29, 1.82) is 0 Å². The van der Waals surface area contributed by atoms with Crippen LogP contribution in [0, 0.1) is 0 Å². The number of aromatic nitrogens is 1. The molecule has 1 aromatic heterocycles. The van der Waals surface area contributed by atoms with Gasteiger partial charge in [0, 0.05) is 29.1 Å². The van der Waals surface area contributed by atoms with Gasteiger partial charge in [-0.25, -0.2) is 0 Å². The molecule has 6 heteroatoms.